The Hall–Kier alpha value is -1.14. The molecule has 1 aliphatic rings. The molecule has 1 fully saturated rings. The van der Waals surface area contributed by atoms with Gasteiger partial charge in [-0.15, -0.1) is 0 Å². The number of esters is 1. The third-order valence-corrected chi connectivity index (χ3v) is 3.43. The molecule has 0 spiro atoms. The van der Waals surface area contributed by atoms with Gasteiger partial charge in [-0.3, -0.25) is 0 Å². The molecule has 6 heteroatoms. The van der Waals surface area contributed by atoms with E-state index in [1.165, 1.54) is 13.3 Å². The van der Waals surface area contributed by atoms with Crippen molar-refractivity contribution in [2.45, 2.75) is 25.0 Å². The molecule has 0 unspecified atom stereocenters. The Morgan fingerprint density at radius 2 is 2.41 bits per heavy atom. The second kappa shape index (κ2) is 5.01. The molecule has 17 heavy (non-hydrogen) atoms. The zero-order valence-corrected chi connectivity index (χ0v) is 10.9. The van der Waals surface area contributed by atoms with E-state index >= 15 is 0 Å². The first-order chi connectivity index (χ1) is 8.11. The summed E-state index contributed by atoms with van der Waals surface area (Å²) < 4.78 is 5.28. The summed E-state index contributed by atoms with van der Waals surface area (Å²) in [6.07, 6.45) is 2.87. The van der Waals surface area contributed by atoms with Gasteiger partial charge < -0.3 is 15.2 Å². The highest BCUT2D eigenvalue weighted by Gasteiger charge is 2.29. The molecule has 0 amide bonds. The number of hydrogen-bond donors (Lipinski definition) is 2. The largest absolute Gasteiger partial charge is 0.465 e. The van der Waals surface area contributed by atoms with E-state index in [2.05, 4.69) is 31.0 Å². The van der Waals surface area contributed by atoms with E-state index in [1.807, 2.05) is 0 Å². The fraction of sp³-hybridized carbons (Fsp3) is 0.455. The first-order valence-corrected chi connectivity index (χ1v) is 6.09. The quantitative estimate of drug-likeness (QED) is 0.829. The van der Waals surface area contributed by atoms with E-state index in [-0.39, 0.29) is 12.1 Å². The lowest BCUT2D eigenvalue weighted by molar-refractivity contribution is 0.0600. The smallest absolute Gasteiger partial charge is 0.339 e. The van der Waals surface area contributed by atoms with Crippen molar-refractivity contribution in [3.8, 4) is 0 Å². The highest BCUT2D eigenvalue weighted by Crippen LogP contribution is 2.27. The van der Waals surface area contributed by atoms with Gasteiger partial charge >= 0.3 is 5.97 Å². The molecule has 1 aliphatic carbocycles. The van der Waals surface area contributed by atoms with Crippen LogP contribution in [0.4, 0.5) is 5.82 Å². The average molecular weight is 301 g/mol. The summed E-state index contributed by atoms with van der Waals surface area (Å²) in [6.45, 7) is 0. The molecule has 2 atom stereocenters. The summed E-state index contributed by atoms with van der Waals surface area (Å²) in [6, 6.07) is 1.69. The van der Waals surface area contributed by atoms with Crippen molar-refractivity contribution in [1.82, 2.24) is 4.98 Å². The Morgan fingerprint density at radius 1 is 1.65 bits per heavy atom. The van der Waals surface area contributed by atoms with Crippen molar-refractivity contribution in [3.05, 3.63) is 22.3 Å². The molecule has 2 rings (SSSR count). The van der Waals surface area contributed by atoms with Crippen LogP contribution in [-0.4, -0.2) is 35.3 Å². The van der Waals surface area contributed by atoms with Gasteiger partial charge in [-0.1, -0.05) is 0 Å². The fourth-order valence-electron chi connectivity index (χ4n) is 1.60. The number of ether oxygens (including phenoxy) is 1. The summed E-state index contributed by atoms with van der Waals surface area (Å²) in [5.41, 5.74) is 0.388. The van der Waals surface area contributed by atoms with E-state index in [1.54, 1.807) is 6.07 Å². The minimum absolute atomic E-state index is 0.0442. The normalized spacial score (nSPS) is 22.8. The standard InChI is InChI=1S/C11H13BrN2O3/c1-17-11(16)6-4-7(12)10(13-5-6)14-8-2-3-9(8)15/h4-5,8-9,15H,2-3H2,1H3,(H,13,14)/t8-,9+/m1/s1. The number of aromatic nitrogens is 1. The number of hydrogen-bond acceptors (Lipinski definition) is 5. The maximum atomic E-state index is 11.3. The molecule has 92 valence electrons. The molecule has 1 aromatic rings. The maximum absolute atomic E-state index is 11.3. The van der Waals surface area contributed by atoms with E-state index in [9.17, 15) is 9.90 Å². The number of halogens is 1. The van der Waals surface area contributed by atoms with Gasteiger partial charge in [0.05, 0.1) is 29.3 Å². The number of aliphatic hydroxyl groups is 1. The van der Waals surface area contributed by atoms with Gasteiger partial charge in [-0.05, 0) is 34.8 Å². The monoisotopic (exact) mass is 300 g/mol. The summed E-state index contributed by atoms with van der Waals surface area (Å²) in [5.74, 6) is 0.204. The number of pyridine rings is 1. The van der Waals surface area contributed by atoms with Crippen LogP contribution in [0.5, 0.6) is 0 Å². The van der Waals surface area contributed by atoms with Crippen LogP contribution in [0.25, 0.3) is 0 Å². The van der Waals surface area contributed by atoms with Crippen LogP contribution in [0.3, 0.4) is 0 Å². The van der Waals surface area contributed by atoms with Gasteiger partial charge in [0.25, 0.3) is 0 Å². The van der Waals surface area contributed by atoms with E-state index in [4.69, 9.17) is 0 Å². The molecule has 1 saturated carbocycles. The number of carbonyl (C=O) groups is 1. The van der Waals surface area contributed by atoms with Crippen LogP contribution in [0, 0.1) is 0 Å². The minimum atomic E-state index is -0.423. The maximum Gasteiger partial charge on any atom is 0.339 e. The van der Waals surface area contributed by atoms with Gasteiger partial charge in [-0.25, -0.2) is 9.78 Å². The topological polar surface area (TPSA) is 71.5 Å². The summed E-state index contributed by atoms with van der Waals surface area (Å²) >= 11 is 3.33. The van der Waals surface area contributed by atoms with E-state index in [0.717, 1.165) is 12.8 Å². The van der Waals surface area contributed by atoms with Crippen LogP contribution >= 0.6 is 15.9 Å². The highest BCUT2D eigenvalue weighted by atomic mass is 79.9. The van der Waals surface area contributed by atoms with Crippen LogP contribution in [0.1, 0.15) is 23.2 Å². The first-order valence-electron chi connectivity index (χ1n) is 5.30. The van der Waals surface area contributed by atoms with Crippen molar-refractivity contribution in [2.75, 3.05) is 12.4 Å². The predicted octanol–water partition coefficient (Wildman–Crippen LogP) is 1.57. The van der Waals surface area contributed by atoms with Gasteiger partial charge in [0.1, 0.15) is 5.82 Å². The third kappa shape index (κ3) is 2.58. The van der Waals surface area contributed by atoms with Crippen molar-refractivity contribution >= 4 is 27.7 Å². The number of nitrogens with one attached hydrogen (secondary N) is 1. The van der Waals surface area contributed by atoms with Gasteiger partial charge in [0, 0.05) is 6.20 Å². The number of anilines is 1. The average Bonchev–Trinajstić information content (AvgIpc) is 2.34. The van der Waals surface area contributed by atoms with Crippen molar-refractivity contribution in [3.63, 3.8) is 0 Å². The summed E-state index contributed by atoms with van der Waals surface area (Å²) in [7, 11) is 1.33. The lowest BCUT2D eigenvalue weighted by Gasteiger charge is -2.33. The summed E-state index contributed by atoms with van der Waals surface area (Å²) in [4.78, 5) is 15.4. The summed E-state index contributed by atoms with van der Waals surface area (Å²) in [5, 5.41) is 12.6. The van der Waals surface area contributed by atoms with Crippen LogP contribution in [0.15, 0.2) is 16.7 Å². The Bertz CT molecular complexity index is 439. The molecular weight excluding hydrogens is 288 g/mol. The molecule has 0 aliphatic heterocycles. The molecule has 0 bridgehead atoms. The molecule has 5 nitrogen and oxygen atoms in total. The third-order valence-electron chi connectivity index (χ3n) is 2.82. The van der Waals surface area contributed by atoms with Gasteiger partial charge in [0.15, 0.2) is 0 Å². The van der Waals surface area contributed by atoms with Crippen LogP contribution in [0.2, 0.25) is 0 Å². The lowest BCUT2D eigenvalue weighted by atomic mass is 9.89. The highest BCUT2D eigenvalue weighted by molar-refractivity contribution is 9.10. The lowest BCUT2D eigenvalue weighted by Crippen LogP contribution is -2.43. The van der Waals surface area contributed by atoms with Crippen molar-refractivity contribution in [2.24, 2.45) is 0 Å². The second-order valence-electron chi connectivity index (χ2n) is 3.94. The molecule has 1 aromatic heterocycles. The molecule has 0 radical (unpaired) electrons. The first kappa shape index (κ1) is 12.3. The second-order valence-corrected chi connectivity index (χ2v) is 4.80. The Labute approximate surface area is 107 Å². The van der Waals surface area contributed by atoms with E-state index < -0.39 is 5.97 Å². The predicted molar refractivity (Wildman–Crippen MR) is 65.9 cm³/mol. The van der Waals surface area contributed by atoms with Crippen molar-refractivity contribution in [1.29, 1.82) is 0 Å². The Kier molecular flexibility index (Phi) is 3.63. The number of rotatable bonds is 3. The molecule has 0 aromatic carbocycles. The zero-order valence-electron chi connectivity index (χ0n) is 9.31. The fourth-order valence-corrected chi connectivity index (χ4v) is 2.06. The Morgan fingerprint density at radius 3 is 2.88 bits per heavy atom. The number of carbonyl (C=O) groups excluding carboxylic acids is 1. The van der Waals surface area contributed by atoms with E-state index in [0.29, 0.717) is 15.9 Å². The number of methoxy groups -OCH3 is 1. The SMILES string of the molecule is COC(=O)c1cnc(N[C@@H]2CC[C@@H]2O)c(Br)c1. The molecular formula is C11H13BrN2O3. The Balaban J connectivity index is 2.11. The number of nitrogens with zero attached hydrogens (tertiary/aromatic N) is 1. The van der Waals surface area contributed by atoms with Crippen LogP contribution in [-0.2, 0) is 4.74 Å². The van der Waals surface area contributed by atoms with Gasteiger partial charge in [-0.2, -0.15) is 0 Å². The van der Waals surface area contributed by atoms with Crippen LogP contribution < -0.4 is 5.32 Å². The number of aliphatic hydroxyl groups excluding tert-OH is 1. The zero-order chi connectivity index (χ0) is 12.4. The minimum Gasteiger partial charge on any atom is -0.465 e. The van der Waals surface area contributed by atoms with Gasteiger partial charge in [0.2, 0.25) is 0 Å². The van der Waals surface area contributed by atoms with Crippen molar-refractivity contribution < 1.29 is 14.6 Å². The molecule has 0 saturated heterocycles. The molecule has 2 N–H and O–H groups in total. The molecule has 1 heterocycles.